The number of imidazole rings is 2. The van der Waals surface area contributed by atoms with Crippen molar-refractivity contribution in [3.63, 3.8) is 0 Å². The minimum Gasteiger partial charge on any atom is -0.480 e. The first-order valence-corrected chi connectivity index (χ1v) is 45.8. The fourth-order valence-corrected chi connectivity index (χ4v) is 21.8. The Morgan fingerprint density at radius 2 is 0.943 bits per heavy atom. The molecule has 0 spiro atoms. The number of hydrogen-bond donors (Lipinski definition) is 7. The van der Waals surface area contributed by atoms with Gasteiger partial charge >= 0.3 is 84.1 Å². The second-order valence-electron chi connectivity index (χ2n) is 23.2. The number of anilines is 3. The van der Waals surface area contributed by atoms with Crippen molar-refractivity contribution in [2.45, 2.75) is 147 Å². The topological polar surface area (TPSA) is 344 Å². The smallest absolute Gasteiger partial charge is 0.322 e. The molecule has 3 aliphatic heterocycles. The number of nitrogens with one attached hydrogen (secondary N) is 5. The van der Waals surface area contributed by atoms with E-state index in [1.54, 1.807) is 29.5 Å². The number of aliphatic carboxylic acids is 1. The van der Waals surface area contributed by atoms with Crippen LogP contribution in [-0.4, -0.2) is 156 Å². The molecule has 6 atom stereocenters. The van der Waals surface area contributed by atoms with Gasteiger partial charge in [0, 0.05) is 57.6 Å². The van der Waals surface area contributed by atoms with Gasteiger partial charge in [-0.2, -0.15) is 52.3 Å². The molecule has 8 heterocycles. The third-order valence-corrected chi connectivity index (χ3v) is 29.7. The molecule has 3 fully saturated rings. The van der Waals surface area contributed by atoms with Crippen LogP contribution in [0.1, 0.15) is 139 Å². The van der Waals surface area contributed by atoms with E-state index in [-0.39, 0.29) is 70.0 Å². The van der Waals surface area contributed by atoms with Gasteiger partial charge in [-0.25, -0.2) is 33.1 Å². The number of carboxylic acid groups (broad SMARTS) is 1. The van der Waals surface area contributed by atoms with Crippen molar-refractivity contribution in [1.29, 1.82) is 0 Å². The normalized spacial score (nSPS) is 19.4. The van der Waals surface area contributed by atoms with E-state index in [2.05, 4.69) is 156 Å². The quantitative estimate of drug-likeness (QED) is 0.0238. The number of aryl methyl sites for hydroxylation is 2. The fraction of sp³-hybridized carbons (Fsp3) is 0.438. The van der Waals surface area contributed by atoms with Gasteiger partial charge in [0.05, 0.1) is 68.4 Å². The zero-order valence-corrected chi connectivity index (χ0v) is 72.5. The van der Waals surface area contributed by atoms with E-state index in [0.717, 1.165) is 31.1 Å². The number of aromatic nitrogens is 7. The van der Waals surface area contributed by atoms with Crippen molar-refractivity contribution in [3.05, 3.63) is 152 Å². The van der Waals surface area contributed by atoms with E-state index >= 15 is 0 Å². The van der Waals surface area contributed by atoms with Gasteiger partial charge < -0.3 is 26.0 Å². The first-order chi connectivity index (χ1) is 48.6. The maximum absolute atomic E-state index is 13.5. The zero-order valence-electron chi connectivity index (χ0n) is 56.8. The zero-order chi connectivity index (χ0) is 76.1. The number of unbranched alkanes of at least 4 members (excludes halogenated alkanes) is 6. The summed E-state index contributed by atoms with van der Waals surface area (Å²) in [6.07, 6.45) is 24.1. The van der Waals surface area contributed by atoms with Gasteiger partial charge in [-0.1, -0.05) is 67.2 Å². The van der Waals surface area contributed by atoms with Crippen LogP contribution < -0.4 is 34.2 Å². The minimum absolute atomic E-state index is 0. The van der Waals surface area contributed by atoms with Crippen LogP contribution in [0.5, 0.6) is 0 Å². The number of carbonyl (C=O) groups is 3. The summed E-state index contributed by atoms with van der Waals surface area (Å²) in [5.41, 5.74) is 7.34. The number of nitrogen functional groups attached to an aromatic ring is 1. The molecule has 0 unspecified atom stereocenters. The molecule has 26 nitrogen and oxygen atoms in total. The van der Waals surface area contributed by atoms with Gasteiger partial charge in [0.15, 0.2) is 0 Å². The Bertz CT molecular complexity index is 4480. The summed E-state index contributed by atoms with van der Waals surface area (Å²) in [4.78, 5) is 58.6. The van der Waals surface area contributed by atoms with Crippen LogP contribution in [0.25, 0.3) is 10.6 Å². The maximum Gasteiger partial charge on any atom is 0.322 e. The van der Waals surface area contributed by atoms with Crippen LogP contribution in [0.4, 0.5) is 30.2 Å². The van der Waals surface area contributed by atoms with Crippen LogP contribution in [0.3, 0.4) is 0 Å². The molecular formula is C64H86Br5F3N16O10S6Sn. The standard InChI is InChI=1S/C18H18BrFN6O3S2.C14H13Br2FN4O3S2.C8H10BrN3O4S2.C8H18.C6H5BrFN.C4H5N2.C4H9.2CH4.Sn/c1-25-8-14(22-9-25)16-7-21-18(30-16)13-6-15(26(2)31(28,29)24-13)17(27)23-10-3-4-12(20)11(19)5-10;1-21-11(13(22)19-7-2-3-9(17)8(15)4-7)5-10(20-26(21,23)24)14-18-6-12(16)25-14;1-12-5(8(13)14)2-4(11-18(12,15)16)7-10-3-6(9)17-7;1-3-5-7-8-6-4-2;7-5-3-4(9)1-2-6(5)8;1-6-3-2-5-4-6;1-3-4-2;;;/h3-5,7-9,13,15,24H,6H2,1-2H3,(H,23,27);2-4,6,10-11,20H,5H2,1H3,(H,19,22);3-5,11H,2H2,1H3,(H,13,14);3-8H2,1-2H3;1-3H,9H2;3-4H,1H3;1,3-4H2,2H3;2*1H4;/t13-,15+;10-,11+;4-,5+;;;;;;;/m111......./s1. The van der Waals surface area contributed by atoms with Crippen molar-refractivity contribution < 1.29 is 57.9 Å². The van der Waals surface area contributed by atoms with Crippen molar-refractivity contribution >= 4 is 204 Å². The first-order valence-electron chi connectivity index (χ1n) is 31.7. The second-order valence-corrected chi connectivity index (χ2v) is 40.9. The first kappa shape index (κ1) is 93.2. The molecule has 578 valence electrons. The Kier molecular flexibility index (Phi) is 39.0. The van der Waals surface area contributed by atoms with Crippen LogP contribution in [0.15, 0.2) is 119 Å². The molecule has 3 aliphatic rings. The predicted molar refractivity (Wildman–Crippen MR) is 429 cm³/mol. The predicted octanol–water partition coefficient (Wildman–Crippen LogP) is 14.0. The average molecular weight is 2010 g/mol. The van der Waals surface area contributed by atoms with Gasteiger partial charge in [0.2, 0.25) is 11.8 Å². The molecule has 2 radical (unpaired) electrons. The Hall–Kier alpha value is -4.22. The van der Waals surface area contributed by atoms with E-state index in [4.69, 9.17) is 10.8 Å². The number of amides is 2. The Balaban J connectivity index is 0.000000284. The monoisotopic (exact) mass is 2000 g/mol. The van der Waals surface area contributed by atoms with Crippen molar-refractivity contribution in [2.75, 3.05) is 37.5 Å². The Labute approximate surface area is 677 Å². The van der Waals surface area contributed by atoms with E-state index in [1.165, 1.54) is 169 Å². The molecule has 8 aromatic rings. The van der Waals surface area contributed by atoms with E-state index < -0.39 is 96.3 Å². The molecule has 41 heteroatoms. The SMILES string of the molecule is C.C.CCCCCCCC.CCC[CH2][Sn][c]1cn(C)cn1.CN1[C@H](C(=O)Nc2ccc(F)c(Br)c2)C[C@H](c2ncc(-c3cn(C)cn3)s2)NS1(=O)=O.CN1[C@H](C(=O)Nc2ccc(F)c(Br)c2)C[C@H](c2ncc(Br)s2)NS1(=O)=O.CN1[C@H](C(=O)O)C[C@H](c2ncc(Br)s2)NS1(=O)=O.Nc1ccc(F)c(Br)c1. The summed E-state index contributed by atoms with van der Waals surface area (Å²) < 4.78 is 132. The molecule has 5 aromatic heterocycles. The summed E-state index contributed by atoms with van der Waals surface area (Å²) in [6, 6.07) is 7.55. The second kappa shape index (κ2) is 44.0. The third-order valence-electron chi connectivity index (χ3n) is 15.3. The molecule has 0 bridgehead atoms. The number of nitrogens with two attached hydrogens (primary N) is 1. The van der Waals surface area contributed by atoms with Crippen LogP contribution in [0, 0.1) is 17.5 Å². The van der Waals surface area contributed by atoms with Gasteiger partial charge in [-0.05, 0) is 154 Å². The number of nitrogens with zero attached hydrogens (tertiary/aromatic N) is 10. The van der Waals surface area contributed by atoms with Gasteiger partial charge in [0.1, 0.15) is 50.6 Å². The van der Waals surface area contributed by atoms with Crippen molar-refractivity contribution in [1.82, 2.24) is 61.1 Å². The number of likely N-dealkylation sites (N-methyl/N-ethyl adjacent to an activating group) is 3. The largest absolute Gasteiger partial charge is 0.480 e. The van der Waals surface area contributed by atoms with Crippen molar-refractivity contribution in [2.24, 2.45) is 14.1 Å². The van der Waals surface area contributed by atoms with Gasteiger partial charge in [0.25, 0.3) is 30.6 Å². The Morgan fingerprint density at radius 3 is 1.30 bits per heavy atom. The number of thiazole rings is 3. The number of carboxylic acids is 1. The van der Waals surface area contributed by atoms with Gasteiger partial charge in [-0.3, -0.25) is 14.4 Å². The molecule has 8 N–H and O–H groups in total. The van der Waals surface area contributed by atoms with Crippen molar-refractivity contribution in [3.8, 4) is 10.6 Å². The van der Waals surface area contributed by atoms with Crippen LogP contribution in [0.2, 0.25) is 4.44 Å². The number of benzene rings is 3. The Morgan fingerprint density at radius 1 is 0.552 bits per heavy atom. The van der Waals surface area contributed by atoms with E-state index in [9.17, 15) is 52.8 Å². The molecule has 11 rings (SSSR count). The summed E-state index contributed by atoms with van der Waals surface area (Å²) >= 11 is 19.2. The molecule has 0 aliphatic carbocycles. The number of halogens is 8. The third kappa shape index (κ3) is 28.6. The molecule has 2 amide bonds. The van der Waals surface area contributed by atoms with Gasteiger partial charge in [-0.15, -0.1) is 34.0 Å². The van der Waals surface area contributed by atoms with E-state index in [1.807, 2.05) is 31.2 Å². The molecule has 105 heavy (non-hydrogen) atoms. The number of carbonyl (C=O) groups excluding carboxylic acids is 2. The summed E-state index contributed by atoms with van der Waals surface area (Å²) in [5, 5.41) is 16.0. The van der Waals surface area contributed by atoms with Crippen LogP contribution >= 0.6 is 114 Å². The molecule has 3 saturated heterocycles. The molecule has 0 saturated carbocycles. The molecular weight excluding hydrogens is 1920 g/mol. The maximum atomic E-state index is 13.5. The summed E-state index contributed by atoms with van der Waals surface area (Å²) in [5.74, 6) is -3.40. The average Bonchev–Trinajstić information content (AvgIpc) is 1.66. The number of hydrogen-bond acceptors (Lipinski definition) is 18. The molecule has 3 aromatic carbocycles. The summed E-state index contributed by atoms with van der Waals surface area (Å²) in [6.45, 7) is 6.76. The number of rotatable bonds is 18. The van der Waals surface area contributed by atoms with Crippen LogP contribution in [-0.2, 0) is 59.1 Å². The minimum atomic E-state index is -3.91. The summed E-state index contributed by atoms with van der Waals surface area (Å²) in [7, 11) is -3.74. The van der Waals surface area contributed by atoms with E-state index in [0.29, 0.717) is 36.6 Å². The fourth-order valence-electron chi connectivity index (χ4n) is 9.63.